The zero-order chi connectivity index (χ0) is 18.3. The van der Waals surface area contributed by atoms with E-state index in [0.717, 1.165) is 5.56 Å². The van der Waals surface area contributed by atoms with Gasteiger partial charge in [-0.15, -0.1) is 6.42 Å². The zero-order valence-corrected chi connectivity index (χ0v) is 12.4. The van der Waals surface area contributed by atoms with Crippen molar-refractivity contribution in [3.63, 3.8) is 0 Å². The number of terminal acetylenes is 1. The Morgan fingerprint density at radius 1 is 1.17 bits per heavy atom. The van der Waals surface area contributed by atoms with Crippen LogP contribution in [0.15, 0.2) is 24.3 Å². The Balaban J connectivity index is 0.000000585. The highest BCUT2D eigenvalue weighted by atomic mass is 19.4. The minimum Gasteiger partial charge on any atom is -0.478 e. The molecule has 0 saturated carbocycles. The maximum atomic E-state index is 10.6. The molecule has 0 aromatic heterocycles. The van der Waals surface area contributed by atoms with Gasteiger partial charge in [-0.3, -0.25) is 5.32 Å². The first-order chi connectivity index (χ1) is 10.4. The lowest BCUT2D eigenvalue weighted by molar-refractivity contribution is -0.192. The molecular weight excluding hydrogens is 315 g/mol. The fourth-order valence-electron chi connectivity index (χ4n) is 1.14. The third kappa shape index (κ3) is 8.48. The van der Waals surface area contributed by atoms with E-state index in [4.69, 9.17) is 21.4 Å². The van der Waals surface area contributed by atoms with Crippen molar-refractivity contribution in [3.8, 4) is 12.3 Å². The predicted octanol–water partition coefficient (Wildman–Crippen LogP) is 2.52. The van der Waals surface area contributed by atoms with E-state index in [1.165, 1.54) is 0 Å². The highest BCUT2D eigenvalue weighted by molar-refractivity contribution is 5.87. The summed E-state index contributed by atoms with van der Waals surface area (Å²) in [7, 11) is 0. The lowest BCUT2D eigenvalue weighted by Crippen LogP contribution is -2.36. The van der Waals surface area contributed by atoms with Crippen LogP contribution < -0.4 is 5.32 Å². The molecule has 5 nitrogen and oxygen atoms in total. The minimum atomic E-state index is -5.08. The van der Waals surface area contributed by atoms with Crippen molar-refractivity contribution in [2.45, 2.75) is 32.1 Å². The van der Waals surface area contributed by atoms with Crippen LogP contribution in [0.5, 0.6) is 0 Å². The van der Waals surface area contributed by atoms with Crippen LogP contribution >= 0.6 is 0 Å². The number of alkyl halides is 3. The lowest BCUT2D eigenvalue weighted by atomic mass is 10.1. The molecule has 0 saturated heterocycles. The number of benzene rings is 1. The van der Waals surface area contributed by atoms with E-state index in [9.17, 15) is 18.0 Å². The summed E-state index contributed by atoms with van der Waals surface area (Å²) in [4.78, 5) is 19.5. The molecule has 0 amide bonds. The Bertz CT molecular complexity index is 586. The fourth-order valence-corrected chi connectivity index (χ4v) is 1.14. The van der Waals surface area contributed by atoms with E-state index in [1.54, 1.807) is 24.3 Å². The molecule has 0 radical (unpaired) electrons. The molecular formula is C15H16F3NO4. The Hall–Kier alpha value is -2.53. The Morgan fingerprint density at radius 3 is 1.91 bits per heavy atom. The van der Waals surface area contributed by atoms with Gasteiger partial charge in [0.1, 0.15) is 0 Å². The molecule has 0 aliphatic heterocycles. The van der Waals surface area contributed by atoms with Crippen LogP contribution in [-0.2, 0) is 11.3 Å². The molecule has 1 rings (SSSR count). The summed E-state index contributed by atoms with van der Waals surface area (Å²) in [5, 5.41) is 19.0. The van der Waals surface area contributed by atoms with Gasteiger partial charge in [-0.2, -0.15) is 13.2 Å². The number of hydrogen-bond donors (Lipinski definition) is 3. The summed E-state index contributed by atoms with van der Waals surface area (Å²) in [5.74, 6) is -1.03. The number of rotatable bonds is 4. The molecule has 0 unspecified atom stereocenters. The number of carbonyl (C=O) groups is 2. The smallest absolute Gasteiger partial charge is 0.478 e. The first-order valence-corrected chi connectivity index (χ1v) is 6.24. The highest BCUT2D eigenvalue weighted by Gasteiger charge is 2.38. The molecule has 8 heteroatoms. The average molecular weight is 331 g/mol. The van der Waals surface area contributed by atoms with E-state index in [0.29, 0.717) is 12.1 Å². The number of halogens is 3. The van der Waals surface area contributed by atoms with E-state index < -0.39 is 18.1 Å². The fraction of sp³-hybridized carbons (Fsp3) is 0.333. The van der Waals surface area contributed by atoms with Crippen molar-refractivity contribution < 1.29 is 33.0 Å². The van der Waals surface area contributed by atoms with Gasteiger partial charge < -0.3 is 10.2 Å². The van der Waals surface area contributed by atoms with Crippen molar-refractivity contribution in [2.75, 3.05) is 0 Å². The third-order valence-corrected chi connectivity index (χ3v) is 2.54. The number of carboxylic acids is 2. The zero-order valence-electron chi connectivity index (χ0n) is 12.4. The second-order valence-electron chi connectivity index (χ2n) is 4.93. The van der Waals surface area contributed by atoms with E-state index in [1.807, 2.05) is 13.8 Å². The Morgan fingerprint density at radius 2 is 1.61 bits per heavy atom. The van der Waals surface area contributed by atoms with Gasteiger partial charge in [0, 0.05) is 6.54 Å². The molecule has 0 aliphatic carbocycles. The molecule has 0 fully saturated rings. The summed E-state index contributed by atoms with van der Waals surface area (Å²) in [6.45, 7) is 4.45. The van der Waals surface area contributed by atoms with Crippen molar-refractivity contribution in [1.82, 2.24) is 5.32 Å². The second-order valence-corrected chi connectivity index (χ2v) is 4.93. The predicted molar refractivity (Wildman–Crippen MR) is 76.8 cm³/mol. The number of carboxylic acid groups (broad SMARTS) is 2. The van der Waals surface area contributed by atoms with Crippen LogP contribution in [0.25, 0.3) is 0 Å². The number of aromatic carboxylic acids is 1. The van der Waals surface area contributed by atoms with Crippen LogP contribution in [0, 0.1) is 12.3 Å². The molecule has 126 valence electrons. The number of aliphatic carboxylic acids is 1. The second kappa shape index (κ2) is 8.19. The first-order valence-electron chi connectivity index (χ1n) is 6.24. The van der Waals surface area contributed by atoms with Crippen molar-refractivity contribution in [1.29, 1.82) is 0 Å². The molecule has 23 heavy (non-hydrogen) atoms. The number of hydrogen-bond acceptors (Lipinski definition) is 3. The monoisotopic (exact) mass is 331 g/mol. The Kier molecular flexibility index (Phi) is 7.29. The molecule has 0 atom stereocenters. The molecule has 3 N–H and O–H groups in total. The van der Waals surface area contributed by atoms with E-state index in [2.05, 4.69) is 11.2 Å². The highest BCUT2D eigenvalue weighted by Crippen LogP contribution is 2.13. The van der Waals surface area contributed by atoms with Crippen LogP contribution in [0.1, 0.15) is 29.8 Å². The van der Waals surface area contributed by atoms with E-state index in [-0.39, 0.29) is 5.54 Å². The Labute approximate surface area is 131 Å². The van der Waals surface area contributed by atoms with E-state index >= 15 is 0 Å². The minimum absolute atomic E-state index is 0.292. The van der Waals surface area contributed by atoms with Crippen molar-refractivity contribution in [2.24, 2.45) is 0 Å². The largest absolute Gasteiger partial charge is 0.490 e. The first kappa shape index (κ1) is 20.5. The molecule has 0 bridgehead atoms. The summed E-state index contributed by atoms with van der Waals surface area (Å²) >= 11 is 0. The van der Waals surface area contributed by atoms with Crippen molar-refractivity contribution in [3.05, 3.63) is 35.4 Å². The molecule has 1 aromatic rings. The quantitative estimate of drug-likeness (QED) is 0.738. The van der Waals surface area contributed by atoms with Gasteiger partial charge in [0.25, 0.3) is 0 Å². The molecule has 0 aliphatic rings. The van der Waals surface area contributed by atoms with Crippen LogP contribution in [0.3, 0.4) is 0 Å². The van der Waals surface area contributed by atoms with Gasteiger partial charge in [-0.1, -0.05) is 18.1 Å². The average Bonchev–Trinajstić information content (AvgIpc) is 2.45. The van der Waals surface area contributed by atoms with Gasteiger partial charge in [-0.05, 0) is 31.5 Å². The summed E-state index contributed by atoms with van der Waals surface area (Å²) < 4.78 is 31.7. The summed E-state index contributed by atoms with van der Waals surface area (Å²) in [5.41, 5.74) is 0.944. The molecule has 0 heterocycles. The van der Waals surface area contributed by atoms with Crippen molar-refractivity contribution >= 4 is 11.9 Å². The van der Waals surface area contributed by atoms with Gasteiger partial charge in [0.05, 0.1) is 11.1 Å². The molecule has 0 spiro atoms. The maximum absolute atomic E-state index is 10.6. The SMILES string of the molecule is C#CC(C)(C)NCc1ccc(C(=O)O)cc1.O=C(O)C(F)(F)F. The van der Waals surface area contributed by atoms with Gasteiger partial charge in [0.15, 0.2) is 0 Å². The normalized spacial score (nSPS) is 11.0. The maximum Gasteiger partial charge on any atom is 0.490 e. The van der Waals surface area contributed by atoms with Crippen LogP contribution in [0.2, 0.25) is 0 Å². The summed E-state index contributed by atoms with van der Waals surface area (Å²) in [6.07, 6.45) is 0.261. The lowest BCUT2D eigenvalue weighted by Gasteiger charge is -2.19. The van der Waals surface area contributed by atoms with Gasteiger partial charge in [-0.25, -0.2) is 9.59 Å². The third-order valence-electron chi connectivity index (χ3n) is 2.54. The van der Waals surface area contributed by atoms with Gasteiger partial charge >= 0.3 is 18.1 Å². The van der Waals surface area contributed by atoms with Crippen LogP contribution in [0.4, 0.5) is 13.2 Å². The van der Waals surface area contributed by atoms with Crippen LogP contribution in [-0.4, -0.2) is 33.9 Å². The topological polar surface area (TPSA) is 86.6 Å². The number of nitrogens with one attached hydrogen (secondary N) is 1. The standard InChI is InChI=1S/C13H15NO2.C2HF3O2/c1-4-13(2,3)14-9-10-5-7-11(8-6-10)12(15)16;3-2(4,5)1(6)7/h1,5-8,14H,9H2,2-3H3,(H,15,16);(H,6,7). The molecule has 1 aromatic carbocycles. The van der Waals surface area contributed by atoms with Gasteiger partial charge in [0.2, 0.25) is 0 Å². The summed E-state index contributed by atoms with van der Waals surface area (Å²) in [6, 6.07) is 6.73.